The van der Waals surface area contributed by atoms with Crippen LogP contribution in [-0.2, 0) is 11.2 Å². The third-order valence-electron chi connectivity index (χ3n) is 5.13. The summed E-state index contributed by atoms with van der Waals surface area (Å²) in [5.41, 5.74) is 3.49. The lowest BCUT2D eigenvalue weighted by Crippen LogP contribution is -2.39. The quantitative estimate of drug-likeness (QED) is 0.883. The number of rotatable bonds is 5. The maximum absolute atomic E-state index is 13.4. The van der Waals surface area contributed by atoms with Gasteiger partial charge in [-0.15, -0.1) is 0 Å². The Labute approximate surface area is 148 Å². The van der Waals surface area contributed by atoms with E-state index >= 15 is 0 Å². The second-order valence-electron chi connectivity index (χ2n) is 6.70. The van der Waals surface area contributed by atoms with E-state index in [1.807, 2.05) is 12.1 Å². The first kappa shape index (κ1) is 17.6. The van der Waals surface area contributed by atoms with Gasteiger partial charge in [-0.2, -0.15) is 0 Å². The molecule has 0 saturated carbocycles. The van der Waals surface area contributed by atoms with Crippen molar-refractivity contribution in [2.24, 2.45) is 5.92 Å². The zero-order valence-corrected chi connectivity index (χ0v) is 14.5. The van der Waals surface area contributed by atoms with Crippen LogP contribution in [0.4, 0.5) is 4.39 Å². The summed E-state index contributed by atoms with van der Waals surface area (Å²) in [6, 6.07) is 15.2. The van der Waals surface area contributed by atoms with E-state index in [1.165, 1.54) is 17.7 Å². The Morgan fingerprint density at radius 1 is 1.08 bits per heavy atom. The van der Waals surface area contributed by atoms with Crippen LogP contribution in [0.1, 0.15) is 42.5 Å². The molecule has 1 aliphatic heterocycles. The normalized spacial score (nSPS) is 17.4. The molecule has 1 N–H and O–H groups in total. The number of nitrogens with zero attached hydrogens (tertiary/aromatic N) is 1. The number of likely N-dealkylation sites (tertiary alicyclic amines) is 1. The van der Waals surface area contributed by atoms with Crippen LogP contribution in [0.25, 0.3) is 0 Å². The number of halogens is 1. The second-order valence-corrected chi connectivity index (χ2v) is 6.70. The van der Waals surface area contributed by atoms with Crippen molar-refractivity contribution in [3.05, 3.63) is 71.0 Å². The van der Waals surface area contributed by atoms with E-state index in [1.54, 1.807) is 0 Å². The minimum atomic E-state index is -0.703. The van der Waals surface area contributed by atoms with Gasteiger partial charge in [0.15, 0.2) is 0 Å². The molecular weight excluding hydrogens is 317 g/mol. The first-order valence-electron chi connectivity index (χ1n) is 8.89. The molecular formula is C21H24FNO2. The van der Waals surface area contributed by atoms with Crippen LogP contribution in [0.3, 0.4) is 0 Å². The third kappa shape index (κ3) is 4.07. The summed E-state index contributed by atoms with van der Waals surface area (Å²) < 4.78 is 13.4. The molecule has 1 atom stereocenters. The monoisotopic (exact) mass is 341 g/mol. The number of hydrogen-bond acceptors (Lipinski definition) is 2. The number of aryl methyl sites for hydroxylation is 1. The number of benzene rings is 2. The lowest BCUT2D eigenvalue weighted by molar-refractivity contribution is -0.143. The van der Waals surface area contributed by atoms with Crippen molar-refractivity contribution >= 4 is 5.97 Å². The van der Waals surface area contributed by atoms with Gasteiger partial charge in [-0.1, -0.05) is 43.3 Å². The van der Waals surface area contributed by atoms with Gasteiger partial charge in [0.2, 0.25) is 0 Å². The number of carbonyl (C=O) groups is 1. The van der Waals surface area contributed by atoms with Crippen LogP contribution in [-0.4, -0.2) is 29.1 Å². The molecule has 2 aromatic rings. The molecule has 0 spiro atoms. The van der Waals surface area contributed by atoms with Crippen molar-refractivity contribution in [1.82, 2.24) is 4.90 Å². The van der Waals surface area contributed by atoms with E-state index in [4.69, 9.17) is 0 Å². The van der Waals surface area contributed by atoms with Crippen molar-refractivity contribution in [3.8, 4) is 0 Å². The molecule has 1 fully saturated rings. The highest BCUT2D eigenvalue weighted by molar-refractivity contribution is 5.70. The summed E-state index contributed by atoms with van der Waals surface area (Å²) in [5, 5.41) is 9.23. The van der Waals surface area contributed by atoms with Gasteiger partial charge in [0, 0.05) is 0 Å². The number of piperidine rings is 1. The molecule has 4 heteroatoms. The maximum atomic E-state index is 13.4. The minimum Gasteiger partial charge on any atom is -0.481 e. The van der Waals surface area contributed by atoms with Crippen molar-refractivity contribution in [1.29, 1.82) is 0 Å². The Bertz CT molecular complexity index is 704. The largest absolute Gasteiger partial charge is 0.481 e. The highest BCUT2D eigenvalue weighted by Gasteiger charge is 2.30. The molecule has 0 radical (unpaired) electrons. The minimum absolute atomic E-state index is 0.0289. The lowest BCUT2D eigenvalue weighted by atomic mass is 9.91. The number of aliphatic carboxylic acids is 1. The van der Waals surface area contributed by atoms with Gasteiger partial charge in [-0.05, 0) is 61.2 Å². The van der Waals surface area contributed by atoms with E-state index in [9.17, 15) is 14.3 Å². The fourth-order valence-electron chi connectivity index (χ4n) is 3.60. The van der Waals surface area contributed by atoms with Crippen LogP contribution in [0.5, 0.6) is 0 Å². The predicted molar refractivity (Wildman–Crippen MR) is 96.0 cm³/mol. The molecule has 1 heterocycles. The van der Waals surface area contributed by atoms with E-state index in [0.29, 0.717) is 12.8 Å². The average Bonchev–Trinajstić information content (AvgIpc) is 2.64. The van der Waals surface area contributed by atoms with Crippen molar-refractivity contribution in [2.45, 2.75) is 32.2 Å². The molecule has 25 heavy (non-hydrogen) atoms. The second kappa shape index (κ2) is 7.79. The Morgan fingerprint density at radius 2 is 1.60 bits per heavy atom. The molecule has 0 amide bonds. The average molecular weight is 341 g/mol. The van der Waals surface area contributed by atoms with E-state index in [0.717, 1.165) is 30.6 Å². The van der Waals surface area contributed by atoms with Gasteiger partial charge >= 0.3 is 5.97 Å². The van der Waals surface area contributed by atoms with E-state index in [-0.39, 0.29) is 17.8 Å². The zero-order valence-electron chi connectivity index (χ0n) is 14.5. The molecule has 132 valence electrons. The van der Waals surface area contributed by atoms with Gasteiger partial charge < -0.3 is 5.11 Å². The van der Waals surface area contributed by atoms with Crippen LogP contribution in [0.15, 0.2) is 48.5 Å². The first-order valence-corrected chi connectivity index (χ1v) is 8.89. The summed E-state index contributed by atoms with van der Waals surface area (Å²) in [6.45, 7) is 3.59. The standard InChI is InChI=1S/C21H24FNO2/c1-2-15-3-5-16(6-4-15)20(17-7-9-19(22)10-8-17)23-13-11-18(12-14-23)21(24)25/h3-10,18,20H,2,11-14H2,1H3,(H,24,25). The maximum Gasteiger partial charge on any atom is 0.306 e. The van der Waals surface area contributed by atoms with Crippen molar-refractivity contribution < 1.29 is 14.3 Å². The van der Waals surface area contributed by atoms with E-state index in [2.05, 4.69) is 36.1 Å². The van der Waals surface area contributed by atoms with Gasteiger partial charge in [0.05, 0.1) is 12.0 Å². The molecule has 1 aliphatic rings. The molecule has 1 unspecified atom stereocenters. The fourth-order valence-corrected chi connectivity index (χ4v) is 3.60. The van der Waals surface area contributed by atoms with Gasteiger partial charge in [-0.3, -0.25) is 9.69 Å². The summed E-state index contributed by atoms with van der Waals surface area (Å²) in [7, 11) is 0. The summed E-state index contributed by atoms with van der Waals surface area (Å²) in [4.78, 5) is 13.5. The molecule has 2 aromatic carbocycles. The van der Waals surface area contributed by atoms with Crippen LogP contribution in [0.2, 0.25) is 0 Å². The Morgan fingerprint density at radius 3 is 2.08 bits per heavy atom. The smallest absolute Gasteiger partial charge is 0.306 e. The number of carboxylic acids is 1. The number of carboxylic acid groups (broad SMARTS) is 1. The topological polar surface area (TPSA) is 40.5 Å². The summed E-state index contributed by atoms with van der Waals surface area (Å²) in [6.07, 6.45) is 2.30. The van der Waals surface area contributed by atoms with Crippen LogP contribution < -0.4 is 0 Å². The van der Waals surface area contributed by atoms with Crippen molar-refractivity contribution in [2.75, 3.05) is 13.1 Å². The van der Waals surface area contributed by atoms with Gasteiger partial charge in [-0.25, -0.2) is 4.39 Å². The Kier molecular flexibility index (Phi) is 5.49. The van der Waals surface area contributed by atoms with Crippen LogP contribution >= 0.6 is 0 Å². The van der Waals surface area contributed by atoms with E-state index < -0.39 is 5.97 Å². The molecule has 0 bridgehead atoms. The molecule has 1 saturated heterocycles. The van der Waals surface area contributed by atoms with Crippen molar-refractivity contribution in [3.63, 3.8) is 0 Å². The lowest BCUT2D eigenvalue weighted by Gasteiger charge is -2.37. The fraction of sp³-hybridized carbons (Fsp3) is 0.381. The van der Waals surface area contributed by atoms with Gasteiger partial charge in [0.1, 0.15) is 5.82 Å². The first-order chi connectivity index (χ1) is 12.1. The Balaban J connectivity index is 1.89. The summed E-state index contributed by atoms with van der Waals surface area (Å²) in [5.74, 6) is -1.20. The zero-order chi connectivity index (χ0) is 17.8. The number of hydrogen-bond donors (Lipinski definition) is 1. The highest BCUT2D eigenvalue weighted by atomic mass is 19.1. The molecule has 0 aliphatic carbocycles. The van der Waals surface area contributed by atoms with Crippen LogP contribution in [0, 0.1) is 11.7 Å². The predicted octanol–water partition coefficient (Wildman–Crippen LogP) is 4.27. The molecule has 0 aromatic heterocycles. The molecule has 3 nitrogen and oxygen atoms in total. The molecule has 3 rings (SSSR count). The highest BCUT2D eigenvalue weighted by Crippen LogP contribution is 2.32. The Hall–Kier alpha value is -2.20. The third-order valence-corrected chi connectivity index (χ3v) is 5.13. The summed E-state index contributed by atoms with van der Waals surface area (Å²) >= 11 is 0. The van der Waals surface area contributed by atoms with Gasteiger partial charge in [0.25, 0.3) is 0 Å². The SMILES string of the molecule is CCc1ccc(C(c2ccc(F)cc2)N2CCC(C(=O)O)CC2)cc1.